The van der Waals surface area contributed by atoms with Gasteiger partial charge in [-0.25, -0.2) is 0 Å². The van der Waals surface area contributed by atoms with E-state index in [0.717, 1.165) is 6.42 Å². The minimum absolute atomic E-state index is 0.289. The van der Waals surface area contributed by atoms with Crippen LogP contribution in [-0.4, -0.2) is 12.1 Å². The Kier molecular flexibility index (Phi) is 3.42. The maximum atomic E-state index is 8.98. The van der Waals surface area contributed by atoms with Crippen molar-refractivity contribution in [2.24, 2.45) is 5.92 Å². The second-order valence-corrected chi connectivity index (χ2v) is 4.77. The summed E-state index contributed by atoms with van der Waals surface area (Å²) < 4.78 is 0. The highest BCUT2D eigenvalue weighted by Crippen LogP contribution is 2.27. The smallest absolute Gasteiger partial charge is 0.0672 e. The first-order valence-corrected chi connectivity index (χ1v) is 6.06. The normalized spacial score (nSPS) is 34.2. The Morgan fingerprint density at radius 2 is 1.71 bits per heavy atom. The summed E-state index contributed by atoms with van der Waals surface area (Å²) in [4.78, 5) is 0. The first-order chi connectivity index (χ1) is 6.90. The molecule has 2 aliphatic carbocycles. The summed E-state index contributed by atoms with van der Waals surface area (Å²) in [5.74, 6) is 0.289. The zero-order valence-corrected chi connectivity index (χ0v) is 8.84. The van der Waals surface area contributed by atoms with E-state index in [0.29, 0.717) is 12.1 Å². The molecule has 0 saturated heterocycles. The van der Waals surface area contributed by atoms with Crippen LogP contribution in [0.25, 0.3) is 0 Å². The van der Waals surface area contributed by atoms with Gasteiger partial charge in [0.1, 0.15) is 0 Å². The van der Waals surface area contributed by atoms with Crippen LogP contribution >= 0.6 is 0 Å². The first-order valence-electron chi connectivity index (χ1n) is 6.06. The highest BCUT2D eigenvalue weighted by molar-refractivity contribution is 4.97. The van der Waals surface area contributed by atoms with Gasteiger partial charge in [0, 0.05) is 12.1 Å². The van der Waals surface area contributed by atoms with Gasteiger partial charge in [-0.3, -0.25) is 0 Å². The van der Waals surface area contributed by atoms with Gasteiger partial charge in [-0.1, -0.05) is 25.7 Å². The molecule has 2 heteroatoms. The third-order valence-corrected chi connectivity index (χ3v) is 3.74. The fraction of sp³-hybridized carbons (Fsp3) is 0.917. The maximum absolute atomic E-state index is 8.98. The van der Waals surface area contributed by atoms with Gasteiger partial charge < -0.3 is 5.32 Å². The van der Waals surface area contributed by atoms with E-state index in [1.54, 1.807) is 0 Å². The standard InChI is InChI=1S/C12H20N2/c13-9-10-5-4-8-12(10)14-11-6-2-1-3-7-11/h10-12,14H,1-8H2. The summed E-state index contributed by atoms with van der Waals surface area (Å²) >= 11 is 0. The summed E-state index contributed by atoms with van der Waals surface area (Å²) in [6.07, 6.45) is 10.4. The second-order valence-electron chi connectivity index (χ2n) is 4.77. The van der Waals surface area contributed by atoms with Crippen LogP contribution in [-0.2, 0) is 0 Å². The lowest BCUT2D eigenvalue weighted by Gasteiger charge is -2.27. The van der Waals surface area contributed by atoms with E-state index in [4.69, 9.17) is 5.26 Å². The van der Waals surface area contributed by atoms with Crippen LogP contribution in [0.1, 0.15) is 51.4 Å². The van der Waals surface area contributed by atoms with Crippen molar-refractivity contribution in [2.45, 2.75) is 63.5 Å². The molecule has 0 aliphatic heterocycles. The van der Waals surface area contributed by atoms with Crippen LogP contribution in [0.15, 0.2) is 0 Å². The van der Waals surface area contributed by atoms with Crippen LogP contribution < -0.4 is 5.32 Å². The number of nitrogens with zero attached hydrogens (tertiary/aromatic N) is 1. The lowest BCUT2D eigenvalue weighted by atomic mass is 9.93. The maximum Gasteiger partial charge on any atom is 0.0672 e. The molecule has 1 N–H and O–H groups in total. The Morgan fingerprint density at radius 1 is 0.929 bits per heavy atom. The quantitative estimate of drug-likeness (QED) is 0.730. The summed E-state index contributed by atoms with van der Waals surface area (Å²) in [7, 11) is 0. The summed E-state index contributed by atoms with van der Waals surface area (Å²) in [6.45, 7) is 0. The third kappa shape index (κ3) is 2.27. The first kappa shape index (κ1) is 9.98. The SMILES string of the molecule is N#CC1CCCC1NC1CCCCC1. The van der Waals surface area contributed by atoms with E-state index in [2.05, 4.69) is 11.4 Å². The van der Waals surface area contributed by atoms with E-state index < -0.39 is 0 Å². The Labute approximate surface area is 86.7 Å². The molecular formula is C12H20N2. The van der Waals surface area contributed by atoms with Crippen molar-refractivity contribution in [3.8, 4) is 6.07 Å². The molecule has 2 unspecified atom stereocenters. The molecule has 2 rings (SSSR count). The van der Waals surface area contributed by atoms with Crippen molar-refractivity contribution in [1.82, 2.24) is 5.32 Å². The predicted molar refractivity (Wildman–Crippen MR) is 56.8 cm³/mol. The monoisotopic (exact) mass is 192 g/mol. The van der Waals surface area contributed by atoms with E-state index in [-0.39, 0.29) is 5.92 Å². The van der Waals surface area contributed by atoms with Gasteiger partial charge in [0.2, 0.25) is 0 Å². The number of nitrogens with one attached hydrogen (secondary N) is 1. The largest absolute Gasteiger partial charge is 0.310 e. The van der Waals surface area contributed by atoms with Gasteiger partial charge in [-0.2, -0.15) is 5.26 Å². The molecule has 0 radical (unpaired) electrons. The highest BCUT2D eigenvalue weighted by atomic mass is 15.0. The van der Waals surface area contributed by atoms with Crippen LogP contribution in [0.4, 0.5) is 0 Å². The number of nitriles is 1. The van der Waals surface area contributed by atoms with Gasteiger partial charge in [-0.15, -0.1) is 0 Å². The molecule has 0 aromatic heterocycles. The van der Waals surface area contributed by atoms with Gasteiger partial charge in [0.25, 0.3) is 0 Å². The molecular weight excluding hydrogens is 172 g/mol. The van der Waals surface area contributed by atoms with Crippen molar-refractivity contribution in [3.05, 3.63) is 0 Å². The van der Waals surface area contributed by atoms with Crippen molar-refractivity contribution in [2.75, 3.05) is 0 Å². The van der Waals surface area contributed by atoms with Gasteiger partial charge >= 0.3 is 0 Å². The van der Waals surface area contributed by atoms with E-state index in [9.17, 15) is 0 Å². The van der Waals surface area contributed by atoms with Crippen molar-refractivity contribution in [3.63, 3.8) is 0 Å². The molecule has 0 spiro atoms. The highest BCUT2D eigenvalue weighted by Gasteiger charge is 2.29. The van der Waals surface area contributed by atoms with Crippen LogP contribution in [0.3, 0.4) is 0 Å². The lowest BCUT2D eigenvalue weighted by Crippen LogP contribution is -2.41. The van der Waals surface area contributed by atoms with Crippen molar-refractivity contribution < 1.29 is 0 Å². The Morgan fingerprint density at radius 3 is 2.43 bits per heavy atom. The Hall–Kier alpha value is -0.550. The Bertz CT molecular complexity index is 213. The average molecular weight is 192 g/mol. The number of rotatable bonds is 2. The molecule has 78 valence electrons. The molecule has 2 nitrogen and oxygen atoms in total. The van der Waals surface area contributed by atoms with Crippen molar-refractivity contribution >= 4 is 0 Å². The topological polar surface area (TPSA) is 35.8 Å². The van der Waals surface area contributed by atoms with Gasteiger partial charge in [-0.05, 0) is 25.7 Å². The number of hydrogen-bond acceptors (Lipinski definition) is 2. The van der Waals surface area contributed by atoms with Crippen LogP contribution in [0, 0.1) is 17.2 Å². The zero-order chi connectivity index (χ0) is 9.80. The second kappa shape index (κ2) is 4.79. The molecule has 0 aromatic rings. The molecule has 14 heavy (non-hydrogen) atoms. The van der Waals surface area contributed by atoms with E-state index >= 15 is 0 Å². The molecule has 0 amide bonds. The van der Waals surface area contributed by atoms with E-state index in [1.807, 2.05) is 0 Å². The van der Waals surface area contributed by atoms with E-state index in [1.165, 1.54) is 44.9 Å². The average Bonchev–Trinajstić information content (AvgIpc) is 2.67. The fourth-order valence-electron chi connectivity index (χ4n) is 2.89. The van der Waals surface area contributed by atoms with Crippen LogP contribution in [0.5, 0.6) is 0 Å². The number of hydrogen-bond donors (Lipinski definition) is 1. The van der Waals surface area contributed by atoms with Gasteiger partial charge in [0.05, 0.1) is 12.0 Å². The molecule has 2 atom stereocenters. The van der Waals surface area contributed by atoms with Gasteiger partial charge in [0.15, 0.2) is 0 Å². The molecule has 2 aliphatic rings. The van der Waals surface area contributed by atoms with Crippen LogP contribution in [0.2, 0.25) is 0 Å². The predicted octanol–water partition coefficient (Wildman–Crippen LogP) is 2.60. The molecule has 0 bridgehead atoms. The Balaban J connectivity index is 1.81. The minimum atomic E-state index is 0.289. The lowest BCUT2D eigenvalue weighted by molar-refractivity contribution is 0.321. The summed E-state index contributed by atoms with van der Waals surface area (Å²) in [6, 6.07) is 3.65. The molecule has 2 fully saturated rings. The molecule has 0 aromatic carbocycles. The minimum Gasteiger partial charge on any atom is -0.310 e. The summed E-state index contributed by atoms with van der Waals surface area (Å²) in [5.41, 5.74) is 0. The summed E-state index contributed by atoms with van der Waals surface area (Å²) in [5, 5.41) is 12.7. The fourth-order valence-corrected chi connectivity index (χ4v) is 2.89. The molecule has 2 saturated carbocycles. The zero-order valence-electron chi connectivity index (χ0n) is 8.84. The van der Waals surface area contributed by atoms with Crippen molar-refractivity contribution in [1.29, 1.82) is 5.26 Å². The third-order valence-electron chi connectivity index (χ3n) is 3.74. The molecule has 0 heterocycles.